The van der Waals surface area contributed by atoms with Gasteiger partial charge in [-0.15, -0.1) is 0 Å². The van der Waals surface area contributed by atoms with Crippen LogP contribution in [-0.2, 0) is 24.0 Å². The van der Waals surface area contributed by atoms with Gasteiger partial charge in [0.25, 0.3) is 0 Å². The molecule has 12 heteroatoms. The van der Waals surface area contributed by atoms with Crippen molar-refractivity contribution in [1.82, 2.24) is 16.0 Å². The zero-order valence-corrected chi connectivity index (χ0v) is 23.6. The van der Waals surface area contributed by atoms with E-state index in [1.807, 2.05) is 6.26 Å². The fourth-order valence-corrected chi connectivity index (χ4v) is 4.13. The predicted octanol–water partition coefficient (Wildman–Crippen LogP) is 1.03. The van der Waals surface area contributed by atoms with Crippen molar-refractivity contribution in [3.05, 3.63) is 0 Å². The van der Waals surface area contributed by atoms with Crippen LogP contribution in [-0.4, -0.2) is 72.4 Å². The number of carbonyl (C=O) groups is 5. The first-order chi connectivity index (χ1) is 17.6. The Hall–Kier alpha value is -2.63. The largest absolute Gasteiger partial charge is 0.370 e. The van der Waals surface area contributed by atoms with E-state index in [1.165, 1.54) is 11.8 Å². The average Bonchev–Trinajstić information content (AvgIpc) is 2.87. The Balaban J connectivity index is 5.47. The Labute approximate surface area is 225 Å². The van der Waals surface area contributed by atoms with Gasteiger partial charge in [0.05, 0.1) is 12.6 Å². The number of rotatable bonds is 21. The van der Waals surface area contributed by atoms with Gasteiger partial charge in [0.2, 0.25) is 17.7 Å². The van der Waals surface area contributed by atoms with Gasteiger partial charge in [-0.3, -0.25) is 29.0 Å². The van der Waals surface area contributed by atoms with Crippen LogP contribution in [0.25, 0.3) is 0 Å². The molecule has 0 aliphatic heterocycles. The standard InChI is InChI=1S/C25H46N6O5S/c1-5-8-9-12-19(30-22(34)7-3)24(36)31-20(16-37-4)21(33)14-17(11-10-13-28-25(26)27)23(35)29-15-18(32)6-2/h17,19-20H,5-16H2,1-4H3,(H,29,35)(H,30,34)(H,31,36)(H4,26,27,28)/t17-,19+,20+/m1/s1. The predicted molar refractivity (Wildman–Crippen MR) is 148 cm³/mol. The molecular formula is C25H46N6O5S. The first-order valence-corrected chi connectivity index (χ1v) is 14.4. The molecule has 0 unspecified atom stereocenters. The van der Waals surface area contributed by atoms with E-state index in [2.05, 4.69) is 27.9 Å². The van der Waals surface area contributed by atoms with E-state index in [9.17, 15) is 24.0 Å². The summed E-state index contributed by atoms with van der Waals surface area (Å²) in [6.45, 7) is 5.67. The van der Waals surface area contributed by atoms with Gasteiger partial charge >= 0.3 is 0 Å². The molecule has 3 atom stereocenters. The minimum Gasteiger partial charge on any atom is -0.370 e. The highest BCUT2D eigenvalue weighted by Crippen LogP contribution is 2.16. The molecule has 0 aromatic heterocycles. The van der Waals surface area contributed by atoms with Crippen molar-refractivity contribution in [1.29, 1.82) is 0 Å². The van der Waals surface area contributed by atoms with E-state index in [4.69, 9.17) is 11.5 Å². The summed E-state index contributed by atoms with van der Waals surface area (Å²) in [6.07, 6.45) is 6.21. The number of hydrogen-bond donors (Lipinski definition) is 5. The van der Waals surface area contributed by atoms with Crippen molar-refractivity contribution in [2.45, 2.75) is 90.6 Å². The van der Waals surface area contributed by atoms with E-state index in [1.54, 1.807) is 13.8 Å². The molecule has 0 aliphatic rings. The molecule has 212 valence electrons. The minimum atomic E-state index is -0.819. The number of nitrogens with two attached hydrogens (primary N) is 2. The number of nitrogens with one attached hydrogen (secondary N) is 3. The molecule has 3 amide bonds. The number of ketones is 2. The molecule has 11 nitrogen and oxygen atoms in total. The molecule has 0 heterocycles. The summed E-state index contributed by atoms with van der Waals surface area (Å²) in [6, 6.07) is -1.55. The second kappa shape index (κ2) is 20.4. The SMILES string of the molecule is CCCCC[C@H](NC(=O)CC)C(=O)N[C@@H](CSC)C(=O)C[C@@H](CCCN=C(N)N)C(=O)NCC(=O)CC. The first-order valence-electron chi connectivity index (χ1n) is 13.1. The van der Waals surface area contributed by atoms with Crippen LogP contribution >= 0.6 is 11.8 Å². The fourth-order valence-electron chi connectivity index (χ4n) is 3.53. The summed E-state index contributed by atoms with van der Waals surface area (Å²) in [4.78, 5) is 66.6. The van der Waals surface area contributed by atoms with Crippen molar-refractivity contribution in [3.63, 3.8) is 0 Å². The van der Waals surface area contributed by atoms with Crippen molar-refractivity contribution in [3.8, 4) is 0 Å². The van der Waals surface area contributed by atoms with Gasteiger partial charge in [-0.1, -0.05) is 40.0 Å². The van der Waals surface area contributed by atoms with Gasteiger partial charge in [-0.05, 0) is 25.5 Å². The molecule has 0 saturated carbocycles. The highest BCUT2D eigenvalue weighted by Gasteiger charge is 2.29. The first kappa shape index (κ1) is 34.4. The lowest BCUT2D eigenvalue weighted by atomic mass is 9.93. The average molecular weight is 543 g/mol. The summed E-state index contributed by atoms with van der Waals surface area (Å²) in [5, 5.41) is 8.15. The van der Waals surface area contributed by atoms with Gasteiger partial charge in [0.1, 0.15) is 6.04 Å². The number of aliphatic imine (C=N–C) groups is 1. The number of amides is 3. The van der Waals surface area contributed by atoms with Crippen LogP contribution in [0.15, 0.2) is 4.99 Å². The quantitative estimate of drug-likeness (QED) is 0.0808. The maximum Gasteiger partial charge on any atom is 0.243 e. The number of thioether (sulfide) groups is 1. The molecule has 0 aliphatic carbocycles. The van der Waals surface area contributed by atoms with Crippen molar-refractivity contribution < 1.29 is 24.0 Å². The number of carbonyl (C=O) groups excluding carboxylic acids is 5. The minimum absolute atomic E-state index is 0.0583. The monoisotopic (exact) mass is 542 g/mol. The summed E-state index contributed by atoms with van der Waals surface area (Å²) in [7, 11) is 0. The molecule has 0 spiro atoms. The molecule has 7 N–H and O–H groups in total. The maximum absolute atomic E-state index is 13.3. The lowest BCUT2D eigenvalue weighted by Gasteiger charge is -2.24. The molecule has 0 radical (unpaired) electrons. The van der Waals surface area contributed by atoms with Crippen LogP contribution in [0.3, 0.4) is 0 Å². The zero-order valence-electron chi connectivity index (χ0n) is 22.8. The number of Topliss-reactive ketones (excluding diaryl/α,β-unsaturated/α-hetero) is 2. The molecule has 0 rings (SSSR count). The van der Waals surface area contributed by atoms with Crippen LogP contribution in [0.1, 0.15) is 78.6 Å². The van der Waals surface area contributed by atoms with Crippen LogP contribution in [0.5, 0.6) is 0 Å². The van der Waals surface area contributed by atoms with Crippen LogP contribution in [0.2, 0.25) is 0 Å². The third kappa shape index (κ3) is 16.0. The van der Waals surface area contributed by atoms with Gasteiger partial charge in [0.15, 0.2) is 17.5 Å². The Bertz CT molecular complexity index is 773. The Morgan fingerprint density at radius 1 is 0.865 bits per heavy atom. The summed E-state index contributed by atoms with van der Waals surface area (Å²) < 4.78 is 0. The van der Waals surface area contributed by atoms with Crippen LogP contribution < -0.4 is 27.4 Å². The molecule has 0 aromatic carbocycles. The van der Waals surface area contributed by atoms with Crippen molar-refractivity contribution in [2.75, 3.05) is 25.1 Å². The number of unbranched alkanes of at least 4 members (excludes halogenated alkanes) is 2. The summed E-state index contributed by atoms with van der Waals surface area (Å²) in [5.41, 5.74) is 10.7. The van der Waals surface area contributed by atoms with Gasteiger partial charge in [-0.25, -0.2) is 0 Å². The second-order valence-electron chi connectivity index (χ2n) is 8.91. The summed E-state index contributed by atoms with van der Waals surface area (Å²) >= 11 is 1.40. The van der Waals surface area contributed by atoms with E-state index in [-0.39, 0.29) is 42.8 Å². The zero-order chi connectivity index (χ0) is 28.2. The normalized spacial score (nSPS) is 13.1. The lowest BCUT2D eigenvalue weighted by molar-refractivity contribution is -0.133. The van der Waals surface area contributed by atoms with Crippen LogP contribution in [0, 0.1) is 5.92 Å². The van der Waals surface area contributed by atoms with Crippen molar-refractivity contribution >= 4 is 47.0 Å². The number of hydrogen-bond acceptors (Lipinski definition) is 7. The molecular weight excluding hydrogens is 496 g/mol. The summed E-state index contributed by atoms with van der Waals surface area (Å²) in [5.74, 6) is -1.89. The lowest BCUT2D eigenvalue weighted by Crippen LogP contribution is -2.52. The Morgan fingerprint density at radius 2 is 1.57 bits per heavy atom. The van der Waals surface area contributed by atoms with E-state index in [0.29, 0.717) is 38.0 Å². The highest BCUT2D eigenvalue weighted by atomic mass is 32.2. The Kier molecular flexibility index (Phi) is 19.0. The number of nitrogens with zero attached hydrogens (tertiary/aromatic N) is 1. The third-order valence-corrected chi connectivity index (χ3v) is 6.45. The van der Waals surface area contributed by atoms with Gasteiger partial charge in [-0.2, -0.15) is 11.8 Å². The highest BCUT2D eigenvalue weighted by molar-refractivity contribution is 7.98. The third-order valence-electron chi connectivity index (χ3n) is 5.79. The molecule has 0 aromatic rings. The topological polar surface area (TPSA) is 186 Å². The van der Waals surface area contributed by atoms with E-state index >= 15 is 0 Å². The molecule has 0 fully saturated rings. The molecule has 37 heavy (non-hydrogen) atoms. The fraction of sp³-hybridized carbons (Fsp3) is 0.760. The smallest absolute Gasteiger partial charge is 0.243 e. The van der Waals surface area contributed by atoms with E-state index < -0.39 is 29.8 Å². The molecule has 0 saturated heterocycles. The van der Waals surface area contributed by atoms with Gasteiger partial charge < -0.3 is 27.4 Å². The number of guanidine groups is 1. The second-order valence-corrected chi connectivity index (χ2v) is 9.82. The van der Waals surface area contributed by atoms with Gasteiger partial charge in [0, 0.05) is 37.5 Å². The van der Waals surface area contributed by atoms with Crippen LogP contribution in [0.4, 0.5) is 0 Å². The Morgan fingerprint density at radius 3 is 2.14 bits per heavy atom. The molecule has 0 bridgehead atoms. The van der Waals surface area contributed by atoms with E-state index in [0.717, 1.165) is 19.3 Å². The van der Waals surface area contributed by atoms with Crippen molar-refractivity contribution in [2.24, 2.45) is 22.4 Å². The maximum atomic E-state index is 13.3.